The molecule has 0 aliphatic rings. The van der Waals surface area contributed by atoms with E-state index in [-0.39, 0.29) is 19.3 Å². The lowest BCUT2D eigenvalue weighted by molar-refractivity contribution is -0.137. The zero-order valence-corrected chi connectivity index (χ0v) is 10.2. The fourth-order valence-corrected chi connectivity index (χ4v) is 1.15. The molecule has 0 unspecified atom stereocenters. The summed E-state index contributed by atoms with van der Waals surface area (Å²) in [5.74, 6) is -1.42. The lowest BCUT2D eigenvalue weighted by atomic mass is 10.2. The molecule has 0 aliphatic carbocycles. The molecule has 17 heavy (non-hydrogen) atoms. The Kier molecular flexibility index (Phi) is 6.62. The quantitative estimate of drug-likeness (QED) is 0.680. The number of hydrogen-bond donors (Lipinski definition) is 2. The monoisotopic (exact) mass is 242 g/mol. The highest BCUT2D eigenvalue weighted by Gasteiger charge is 2.12. The van der Waals surface area contributed by atoms with Crippen molar-refractivity contribution in [2.45, 2.75) is 26.2 Å². The van der Waals surface area contributed by atoms with Gasteiger partial charge in [0.05, 0.1) is 0 Å². The number of imide groups is 1. The van der Waals surface area contributed by atoms with Crippen molar-refractivity contribution in [3.05, 3.63) is 12.2 Å². The molecule has 0 rings (SSSR count). The second-order valence-corrected chi connectivity index (χ2v) is 3.91. The highest BCUT2D eigenvalue weighted by molar-refractivity contribution is 5.94. The van der Waals surface area contributed by atoms with Crippen molar-refractivity contribution in [3.8, 4) is 0 Å². The van der Waals surface area contributed by atoms with Crippen LogP contribution in [0.2, 0.25) is 0 Å². The standard InChI is InChI=1S/C11H18N2O4/c1-8(2)7-13(3)11(17)12-9(14)5-4-6-10(15)16/h1,4-7H2,2-3H3,(H,15,16)(H,12,14,17). The summed E-state index contributed by atoms with van der Waals surface area (Å²) in [5.41, 5.74) is 0.806. The van der Waals surface area contributed by atoms with Gasteiger partial charge in [0.25, 0.3) is 0 Å². The first kappa shape index (κ1) is 15.2. The number of nitrogens with zero attached hydrogens (tertiary/aromatic N) is 1. The van der Waals surface area contributed by atoms with E-state index in [0.717, 1.165) is 5.57 Å². The molecule has 0 fully saturated rings. The molecule has 2 N–H and O–H groups in total. The van der Waals surface area contributed by atoms with E-state index in [1.165, 1.54) is 4.90 Å². The minimum atomic E-state index is -0.955. The Hall–Kier alpha value is -1.85. The van der Waals surface area contributed by atoms with Gasteiger partial charge in [0.1, 0.15) is 0 Å². The summed E-state index contributed by atoms with van der Waals surface area (Å²) in [7, 11) is 1.55. The molecule has 96 valence electrons. The molecule has 0 atom stereocenters. The third-order valence-corrected chi connectivity index (χ3v) is 1.89. The van der Waals surface area contributed by atoms with Gasteiger partial charge in [-0.15, -0.1) is 0 Å². The molecule has 0 aromatic rings. The van der Waals surface area contributed by atoms with E-state index in [4.69, 9.17) is 5.11 Å². The van der Waals surface area contributed by atoms with Gasteiger partial charge in [0.2, 0.25) is 5.91 Å². The Balaban J connectivity index is 3.91. The Morgan fingerprint density at radius 2 is 1.88 bits per heavy atom. The largest absolute Gasteiger partial charge is 0.481 e. The number of carbonyl (C=O) groups excluding carboxylic acids is 2. The molecule has 0 aromatic carbocycles. The van der Waals surface area contributed by atoms with Crippen LogP contribution in [0, 0.1) is 0 Å². The number of urea groups is 1. The highest BCUT2D eigenvalue weighted by Crippen LogP contribution is 1.97. The molecular formula is C11H18N2O4. The molecule has 3 amide bonds. The van der Waals surface area contributed by atoms with Gasteiger partial charge in [-0.3, -0.25) is 14.9 Å². The van der Waals surface area contributed by atoms with Gasteiger partial charge in [0.15, 0.2) is 0 Å². The first-order valence-corrected chi connectivity index (χ1v) is 5.24. The average molecular weight is 242 g/mol. The summed E-state index contributed by atoms with van der Waals surface area (Å²) >= 11 is 0. The van der Waals surface area contributed by atoms with E-state index in [9.17, 15) is 14.4 Å². The number of amides is 3. The van der Waals surface area contributed by atoms with E-state index in [1.807, 2.05) is 0 Å². The fraction of sp³-hybridized carbons (Fsp3) is 0.545. The minimum absolute atomic E-state index is 0.0267. The van der Waals surface area contributed by atoms with E-state index in [2.05, 4.69) is 11.9 Å². The van der Waals surface area contributed by atoms with Crippen LogP contribution in [0.25, 0.3) is 0 Å². The van der Waals surface area contributed by atoms with E-state index in [1.54, 1.807) is 14.0 Å². The topological polar surface area (TPSA) is 86.7 Å². The van der Waals surface area contributed by atoms with Gasteiger partial charge < -0.3 is 10.0 Å². The van der Waals surface area contributed by atoms with Crippen molar-refractivity contribution < 1.29 is 19.5 Å². The minimum Gasteiger partial charge on any atom is -0.481 e. The van der Waals surface area contributed by atoms with Crippen molar-refractivity contribution in [2.24, 2.45) is 0 Å². The number of rotatable bonds is 6. The number of likely N-dealkylation sites (N-methyl/N-ethyl adjacent to an activating group) is 1. The van der Waals surface area contributed by atoms with Crippen molar-refractivity contribution >= 4 is 17.9 Å². The second kappa shape index (κ2) is 7.43. The molecule has 0 radical (unpaired) electrons. The Morgan fingerprint density at radius 3 is 2.35 bits per heavy atom. The third kappa shape index (κ3) is 8.01. The van der Waals surface area contributed by atoms with Crippen LogP contribution in [0.4, 0.5) is 4.79 Å². The van der Waals surface area contributed by atoms with Gasteiger partial charge in [0, 0.05) is 26.4 Å². The van der Waals surface area contributed by atoms with Gasteiger partial charge in [-0.05, 0) is 13.3 Å². The third-order valence-electron chi connectivity index (χ3n) is 1.89. The molecule has 0 bridgehead atoms. The SMILES string of the molecule is C=C(C)CN(C)C(=O)NC(=O)CCCC(=O)O. The molecule has 0 aromatic heterocycles. The zero-order chi connectivity index (χ0) is 13.4. The fourth-order valence-electron chi connectivity index (χ4n) is 1.15. The predicted octanol–water partition coefficient (Wildman–Crippen LogP) is 0.985. The van der Waals surface area contributed by atoms with Gasteiger partial charge in [-0.2, -0.15) is 0 Å². The second-order valence-electron chi connectivity index (χ2n) is 3.91. The molecule has 6 nitrogen and oxygen atoms in total. The number of nitrogens with one attached hydrogen (secondary N) is 1. The molecule has 0 saturated heterocycles. The number of hydrogen-bond acceptors (Lipinski definition) is 3. The van der Waals surface area contributed by atoms with Crippen LogP contribution in [0.5, 0.6) is 0 Å². The Morgan fingerprint density at radius 1 is 1.29 bits per heavy atom. The van der Waals surface area contributed by atoms with Crippen LogP contribution in [-0.4, -0.2) is 41.5 Å². The normalized spacial score (nSPS) is 9.53. The maximum absolute atomic E-state index is 11.4. The molecule has 6 heteroatoms. The van der Waals surface area contributed by atoms with Gasteiger partial charge in [-0.1, -0.05) is 12.2 Å². The first-order valence-electron chi connectivity index (χ1n) is 5.24. The molecular weight excluding hydrogens is 224 g/mol. The first-order chi connectivity index (χ1) is 7.82. The smallest absolute Gasteiger partial charge is 0.324 e. The maximum atomic E-state index is 11.4. The van der Waals surface area contributed by atoms with E-state index < -0.39 is 17.9 Å². The van der Waals surface area contributed by atoms with Crippen LogP contribution in [0.1, 0.15) is 26.2 Å². The average Bonchev–Trinajstić information content (AvgIpc) is 2.15. The van der Waals surface area contributed by atoms with Gasteiger partial charge in [-0.25, -0.2) is 4.79 Å². The number of carboxylic acid groups (broad SMARTS) is 1. The summed E-state index contributed by atoms with van der Waals surface area (Å²) in [6, 6.07) is -0.506. The summed E-state index contributed by atoms with van der Waals surface area (Å²) in [4.78, 5) is 34.2. The Bertz CT molecular complexity index is 325. The van der Waals surface area contributed by atoms with Crippen molar-refractivity contribution in [1.29, 1.82) is 0 Å². The van der Waals surface area contributed by atoms with E-state index >= 15 is 0 Å². The summed E-state index contributed by atoms with van der Waals surface area (Å²) in [6.45, 7) is 5.80. The van der Waals surface area contributed by atoms with Crippen LogP contribution in [0.3, 0.4) is 0 Å². The van der Waals surface area contributed by atoms with Crippen LogP contribution < -0.4 is 5.32 Å². The lowest BCUT2D eigenvalue weighted by Crippen LogP contribution is -2.41. The molecule has 0 aliphatic heterocycles. The van der Waals surface area contributed by atoms with Crippen LogP contribution >= 0.6 is 0 Å². The van der Waals surface area contributed by atoms with Crippen LogP contribution in [0.15, 0.2) is 12.2 Å². The van der Waals surface area contributed by atoms with E-state index in [0.29, 0.717) is 6.54 Å². The molecule has 0 heterocycles. The number of carboxylic acids is 1. The lowest BCUT2D eigenvalue weighted by Gasteiger charge is -2.17. The zero-order valence-electron chi connectivity index (χ0n) is 10.2. The highest BCUT2D eigenvalue weighted by atomic mass is 16.4. The van der Waals surface area contributed by atoms with Crippen molar-refractivity contribution in [2.75, 3.05) is 13.6 Å². The van der Waals surface area contributed by atoms with Crippen LogP contribution in [-0.2, 0) is 9.59 Å². The molecule has 0 saturated carbocycles. The summed E-state index contributed by atoms with van der Waals surface area (Å²) < 4.78 is 0. The summed E-state index contributed by atoms with van der Waals surface area (Å²) in [6.07, 6.45) is 0.167. The van der Waals surface area contributed by atoms with Gasteiger partial charge >= 0.3 is 12.0 Å². The van der Waals surface area contributed by atoms with Crippen molar-refractivity contribution in [3.63, 3.8) is 0 Å². The number of aliphatic carboxylic acids is 1. The maximum Gasteiger partial charge on any atom is 0.324 e. The van der Waals surface area contributed by atoms with Crippen molar-refractivity contribution in [1.82, 2.24) is 10.2 Å². The molecule has 0 spiro atoms. The Labute approximate surface area is 100 Å². The predicted molar refractivity (Wildman–Crippen MR) is 62.5 cm³/mol. The number of carbonyl (C=O) groups is 3. The summed E-state index contributed by atoms with van der Waals surface area (Å²) in [5, 5.41) is 10.6.